The molecule has 0 aromatic heterocycles. The van der Waals surface area contributed by atoms with Gasteiger partial charge in [0.1, 0.15) is 29.9 Å². The van der Waals surface area contributed by atoms with Crippen molar-refractivity contribution in [2.45, 2.75) is 105 Å². The fourth-order valence-corrected chi connectivity index (χ4v) is 5.33. The van der Waals surface area contributed by atoms with Crippen LogP contribution in [0.4, 0.5) is 0 Å². The molecule has 0 radical (unpaired) electrons. The van der Waals surface area contributed by atoms with Crippen LogP contribution < -0.4 is 5.73 Å². The lowest BCUT2D eigenvalue weighted by atomic mass is 9.99. The van der Waals surface area contributed by atoms with Crippen molar-refractivity contribution >= 4 is 11.8 Å². The van der Waals surface area contributed by atoms with Crippen LogP contribution in [0.15, 0.2) is 0 Å². The molecule has 6 unspecified atom stereocenters. The highest BCUT2D eigenvalue weighted by Crippen LogP contribution is 2.37. The average Bonchev–Trinajstić information content (AvgIpc) is 2.77. The zero-order chi connectivity index (χ0) is 23.0. The van der Waals surface area contributed by atoms with E-state index >= 15 is 0 Å². The van der Waals surface area contributed by atoms with E-state index in [1.54, 1.807) is 0 Å². The van der Waals surface area contributed by atoms with Gasteiger partial charge in [0, 0.05) is 6.61 Å². The Morgan fingerprint density at radius 1 is 0.806 bits per heavy atom. The first-order valence-electron chi connectivity index (χ1n) is 11.1. The maximum absolute atomic E-state index is 10.7. The van der Waals surface area contributed by atoms with Gasteiger partial charge in [0.05, 0.1) is 36.7 Å². The lowest BCUT2D eigenvalue weighted by Crippen LogP contribution is -2.63. The minimum absolute atomic E-state index is 0.370. The fourth-order valence-electron chi connectivity index (χ4n) is 3.82. The second kappa shape index (κ2) is 13.6. The van der Waals surface area contributed by atoms with Crippen molar-refractivity contribution in [1.29, 1.82) is 0 Å². The molecule has 2 aliphatic heterocycles. The topological polar surface area (TPSA) is 175 Å². The van der Waals surface area contributed by atoms with E-state index in [2.05, 4.69) is 6.92 Å². The van der Waals surface area contributed by atoms with Gasteiger partial charge in [-0.25, -0.2) is 0 Å². The summed E-state index contributed by atoms with van der Waals surface area (Å²) in [6.07, 6.45) is -1.83. The van der Waals surface area contributed by atoms with Crippen LogP contribution in [0.25, 0.3) is 0 Å². The highest BCUT2D eigenvalue weighted by atomic mass is 32.2. The quantitative estimate of drug-likeness (QED) is 0.169. The minimum Gasteiger partial charge on any atom is -0.394 e. The molecule has 0 amide bonds. The van der Waals surface area contributed by atoms with E-state index in [-0.39, 0.29) is 0 Å². The van der Waals surface area contributed by atoms with Gasteiger partial charge in [-0.15, -0.1) is 11.8 Å². The Morgan fingerprint density at radius 3 is 2.10 bits per heavy atom. The van der Waals surface area contributed by atoms with E-state index in [0.717, 1.165) is 31.0 Å². The maximum Gasteiger partial charge on any atom is 0.186 e. The van der Waals surface area contributed by atoms with Crippen LogP contribution in [0.1, 0.15) is 45.4 Å². The summed E-state index contributed by atoms with van der Waals surface area (Å²) in [6, 6.07) is -1.01. The summed E-state index contributed by atoms with van der Waals surface area (Å²) in [6.45, 7) is 1.57. The van der Waals surface area contributed by atoms with Gasteiger partial charge in [-0.2, -0.15) is 0 Å². The van der Waals surface area contributed by atoms with Crippen molar-refractivity contribution in [2.24, 2.45) is 5.73 Å². The number of hydrogen-bond donors (Lipinski definition) is 7. The van der Waals surface area contributed by atoms with Gasteiger partial charge in [0.2, 0.25) is 0 Å². The molecule has 2 heterocycles. The Bertz CT molecular complexity index is 501. The van der Waals surface area contributed by atoms with Gasteiger partial charge in [0.25, 0.3) is 0 Å². The third kappa shape index (κ3) is 7.21. The molecule has 184 valence electrons. The van der Waals surface area contributed by atoms with Crippen molar-refractivity contribution in [3.63, 3.8) is 0 Å². The number of rotatable bonds is 12. The van der Waals surface area contributed by atoms with E-state index in [4.69, 9.17) is 19.9 Å². The smallest absolute Gasteiger partial charge is 0.186 e. The molecule has 2 fully saturated rings. The standard InChI is InChI=1S/C20H39NO9S/c1-2-3-4-5-6-7-8-28-19-17(27)16(26)18(12(10-23)29-19)31-20-13(21)15(25)14(24)11(9-22)30-20/h11-20,22-27H,2-10,21H2,1H3/t11?,12?,13?,14-,15?,16?,17?,18-,19+,20-/m0/s1. The molecule has 10 atom stereocenters. The minimum atomic E-state index is -1.34. The number of aliphatic hydroxyl groups is 6. The maximum atomic E-state index is 10.7. The van der Waals surface area contributed by atoms with Crippen molar-refractivity contribution < 1.29 is 44.8 Å². The molecule has 8 N–H and O–H groups in total. The van der Waals surface area contributed by atoms with Crippen LogP contribution in [-0.4, -0.2) is 110 Å². The van der Waals surface area contributed by atoms with Gasteiger partial charge in [0.15, 0.2) is 6.29 Å². The Hall–Kier alpha value is -0.0500. The van der Waals surface area contributed by atoms with Gasteiger partial charge < -0.3 is 50.6 Å². The molecule has 0 spiro atoms. The summed E-state index contributed by atoms with van der Waals surface area (Å²) in [5, 5.41) is 59.5. The lowest BCUT2D eigenvalue weighted by Gasteiger charge is -2.46. The number of thioether (sulfide) groups is 1. The number of unbranched alkanes of at least 4 members (excludes halogenated alkanes) is 5. The number of ether oxygens (including phenoxy) is 3. The summed E-state index contributed by atoms with van der Waals surface area (Å²) in [5.41, 5.74) is 5.05. The van der Waals surface area contributed by atoms with Gasteiger partial charge in [-0.05, 0) is 6.42 Å². The molecule has 2 saturated heterocycles. The van der Waals surface area contributed by atoms with E-state index in [1.165, 1.54) is 19.3 Å². The fraction of sp³-hybridized carbons (Fsp3) is 1.00. The van der Waals surface area contributed by atoms with Crippen LogP contribution in [-0.2, 0) is 14.2 Å². The summed E-state index contributed by atoms with van der Waals surface area (Å²) in [5.74, 6) is 0. The summed E-state index contributed by atoms with van der Waals surface area (Å²) in [7, 11) is 0. The predicted molar refractivity (Wildman–Crippen MR) is 114 cm³/mol. The summed E-state index contributed by atoms with van der Waals surface area (Å²) >= 11 is 0.981. The van der Waals surface area contributed by atoms with Crippen molar-refractivity contribution in [3.8, 4) is 0 Å². The lowest BCUT2D eigenvalue weighted by molar-refractivity contribution is -0.268. The molecule has 10 nitrogen and oxygen atoms in total. The molecule has 0 aliphatic carbocycles. The third-order valence-corrected chi connectivity index (χ3v) is 7.41. The Labute approximate surface area is 187 Å². The largest absolute Gasteiger partial charge is 0.394 e. The first-order valence-corrected chi connectivity index (χ1v) is 12.1. The first kappa shape index (κ1) is 27.2. The molecule has 31 heavy (non-hydrogen) atoms. The van der Waals surface area contributed by atoms with Gasteiger partial charge >= 0.3 is 0 Å². The van der Waals surface area contributed by atoms with Crippen LogP contribution >= 0.6 is 11.8 Å². The third-order valence-electron chi connectivity index (χ3n) is 5.82. The Kier molecular flexibility index (Phi) is 11.9. The second-order valence-electron chi connectivity index (χ2n) is 8.23. The summed E-state index contributed by atoms with van der Waals surface area (Å²) in [4.78, 5) is 0. The van der Waals surface area contributed by atoms with E-state index in [1.807, 2.05) is 0 Å². The second-order valence-corrected chi connectivity index (χ2v) is 9.51. The van der Waals surface area contributed by atoms with Crippen molar-refractivity contribution in [2.75, 3.05) is 19.8 Å². The van der Waals surface area contributed by atoms with E-state index in [0.29, 0.717) is 6.61 Å². The molecular formula is C20H39NO9S. The Balaban J connectivity index is 1.90. The molecule has 2 aliphatic rings. The number of aliphatic hydroxyl groups excluding tert-OH is 6. The Morgan fingerprint density at radius 2 is 1.45 bits per heavy atom. The van der Waals surface area contributed by atoms with Crippen LogP contribution in [0, 0.1) is 0 Å². The highest BCUT2D eigenvalue weighted by Gasteiger charge is 2.49. The van der Waals surface area contributed by atoms with Crippen molar-refractivity contribution in [3.05, 3.63) is 0 Å². The van der Waals surface area contributed by atoms with Crippen LogP contribution in [0.5, 0.6) is 0 Å². The molecule has 2 rings (SSSR count). The SMILES string of the molecule is CCCCCCCCO[C@@H]1OC(CO)[C@H](S[C@@H]2OC(CO)[C@H](O)C(O)C2N)C(O)C1O. The highest BCUT2D eigenvalue weighted by molar-refractivity contribution is 8.00. The molecule has 0 aromatic carbocycles. The predicted octanol–water partition coefficient (Wildman–Crippen LogP) is -1.33. The molecule has 0 aromatic rings. The summed E-state index contributed by atoms with van der Waals surface area (Å²) < 4.78 is 16.9. The first-order chi connectivity index (χ1) is 14.8. The van der Waals surface area contributed by atoms with Crippen LogP contribution in [0.2, 0.25) is 0 Å². The monoisotopic (exact) mass is 469 g/mol. The van der Waals surface area contributed by atoms with E-state index < -0.39 is 72.9 Å². The zero-order valence-corrected chi connectivity index (χ0v) is 18.8. The number of hydrogen-bond acceptors (Lipinski definition) is 11. The normalized spacial score (nSPS) is 41.4. The molecule has 0 saturated carbocycles. The molecule has 11 heteroatoms. The zero-order valence-electron chi connectivity index (χ0n) is 18.0. The van der Waals surface area contributed by atoms with Gasteiger partial charge in [-0.3, -0.25) is 0 Å². The molecule has 0 bridgehead atoms. The van der Waals surface area contributed by atoms with E-state index in [9.17, 15) is 30.6 Å². The van der Waals surface area contributed by atoms with Crippen LogP contribution in [0.3, 0.4) is 0 Å². The average molecular weight is 470 g/mol. The number of nitrogens with two attached hydrogens (primary N) is 1. The van der Waals surface area contributed by atoms with Gasteiger partial charge in [-0.1, -0.05) is 39.0 Å². The molecular weight excluding hydrogens is 430 g/mol. The van der Waals surface area contributed by atoms with Crippen molar-refractivity contribution in [1.82, 2.24) is 0 Å².